The van der Waals surface area contributed by atoms with Crippen LogP contribution in [0.1, 0.15) is 36.8 Å². The van der Waals surface area contributed by atoms with Crippen molar-refractivity contribution in [3.8, 4) is 0 Å². The standard InChI is InChI=1S/C18H18ClFN2O2.ClH/c1-18(2)10-22(15(23)8-19)14-7-12(9-21-17(14)18)16(24)11-3-5-13(20)6-4-11;/h3-7,9,16,24H,8,10H2,1-2H3;1H/t16-;/m0./s1. The number of aliphatic hydroxyl groups excluding tert-OH is 1. The number of carbonyl (C=O) groups excluding carboxylic acids is 1. The first-order chi connectivity index (χ1) is 11.3. The summed E-state index contributed by atoms with van der Waals surface area (Å²) in [4.78, 5) is 18.2. The van der Waals surface area contributed by atoms with Crippen molar-refractivity contribution in [2.45, 2.75) is 25.4 Å². The maximum Gasteiger partial charge on any atom is 0.241 e. The molecule has 3 rings (SSSR count). The van der Waals surface area contributed by atoms with Crippen molar-refractivity contribution in [3.63, 3.8) is 0 Å². The molecule has 0 unspecified atom stereocenters. The average Bonchev–Trinajstić information content (AvgIpc) is 2.85. The van der Waals surface area contributed by atoms with E-state index in [0.29, 0.717) is 23.4 Å². The maximum absolute atomic E-state index is 13.0. The van der Waals surface area contributed by atoms with E-state index in [0.717, 1.165) is 5.69 Å². The van der Waals surface area contributed by atoms with Crippen LogP contribution in [0.2, 0.25) is 0 Å². The van der Waals surface area contributed by atoms with Gasteiger partial charge in [-0.1, -0.05) is 26.0 Å². The van der Waals surface area contributed by atoms with Crippen LogP contribution in [-0.2, 0) is 10.2 Å². The summed E-state index contributed by atoms with van der Waals surface area (Å²) in [5.41, 5.74) is 2.30. The van der Waals surface area contributed by atoms with Crippen molar-refractivity contribution in [2.24, 2.45) is 0 Å². The van der Waals surface area contributed by atoms with Crippen LogP contribution < -0.4 is 4.90 Å². The predicted molar refractivity (Wildman–Crippen MR) is 98.0 cm³/mol. The number of aromatic nitrogens is 1. The van der Waals surface area contributed by atoms with Crippen LogP contribution in [-0.4, -0.2) is 28.4 Å². The summed E-state index contributed by atoms with van der Waals surface area (Å²) in [7, 11) is 0. The number of anilines is 1. The van der Waals surface area contributed by atoms with Crippen LogP contribution >= 0.6 is 24.0 Å². The van der Waals surface area contributed by atoms with Gasteiger partial charge in [-0.3, -0.25) is 9.78 Å². The Morgan fingerprint density at radius 2 is 2.00 bits per heavy atom. The summed E-state index contributed by atoms with van der Waals surface area (Å²) in [6.07, 6.45) is 0.656. The molecule has 1 atom stereocenters. The first-order valence-electron chi connectivity index (χ1n) is 7.64. The molecular weight excluding hydrogens is 366 g/mol. The second kappa shape index (κ2) is 7.28. The Labute approximate surface area is 157 Å². The highest BCUT2D eigenvalue weighted by atomic mass is 35.5. The molecule has 25 heavy (non-hydrogen) atoms. The lowest BCUT2D eigenvalue weighted by atomic mass is 9.90. The molecule has 0 spiro atoms. The van der Waals surface area contributed by atoms with E-state index < -0.39 is 6.10 Å². The number of pyridine rings is 1. The Balaban J connectivity index is 0.00000225. The predicted octanol–water partition coefficient (Wildman–Crippen LogP) is 3.59. The summed E-state index contributed by atoms with van der Waals surface area (Å²) in [5, 5.41) is 10.5. The minimum absolute atomic E-state index is 0. The van der Waals surface area contributed by atoms with E-state index in [-0.39, 0.29) is 35.4 Å². The van der Waals surface area contributed by atoms with Gasteiger partial charge in [-0.15, -0.1) is 24.0 Å². The Kier molecular flexibility index (Phi) is 5.72. The van der Waals surface area contributed by atoms with Gasteiger partial charge >= 0.3 is 0 Å². The van der Waals surface area contributed by atoms with E-state index in [1.54, 1.807) is 17.2 Å². The van der Waals surface area contributed by atoms with Gasteiger partial charge in [0.05, 0.1) is 11.4 Å². The number of carbonyl (C=O) groups is 1. The zero-order valence-electron chi connectivity index (χ0n) is 13.9. The van der Waals surface area contributed by atoms with Crippen molar-refractivity contribution in [2.75, 3.05) is 17.3 Å². The number of fused-ring (bicyclic) bond motifs is 1. The smallest absolute Gasteiger partial charge is 0.241 e. The molecule has 1 aromatic carbocycles. The quantitative estimate of drug-likeness (QED) is 0.822. The highest BCUT2D eigenvalue weighted by Gasteiger charge is 2.39. The number of rotatable bonds is 3. The minimum Gasteiger partial charge on any atom is -0.384 e. The molecule has 1 amide bonds. The molecule has 134 valence electrons. The molecule has 2 aromatic rings. The zero-order chi connectivity index (χ0) is 17.5. The van der Waals surface area contributed by atoms with E-state index in [9.17, 15) is 14.3 Å². The minimum atomic E-state index is -0.944. The first-order valence-corrected chi connectivity index (χ1v) is 8.17. The fourth-order valence-electron chi connectivity index (χ4n) is 3.03. The second-order valence-electron chi connectivity index (χ2n) is 6.59. The van der Waals surface area contributed by atoms with Gasteiger partial charge in [-0.2, -0.15) is 0 Å². The number of amides is 1. The fourth-order valence-corrected chi connectivity index (χ4v) is 3.18. The molecule has 0 saturated carbocycles. The third-order valence-corrected chi connectivity index (χ3v) is 4.52. The van der Waals surface area contributed by atoms with Crippen LogP contribution in [0.3, 0.4) is 0 Å². The molecule has 1 aliphatic rings. The SMILES string of the molecule is CC1(C)CN(C(=O)CCl)c2cc([C@@H](O)c3ccc(F)cc3)cnc21.Cl. The van der Waals surface area contributed by atoms with E-state index >= 15 is 0 Å². The molecule has 4 nitrogen and oxygen atoms in total. The van der Waals surface area contributed by atoms with Crippen molar-refractivity contribution in [3.05, 3.63) is 59.2 Å². The van der Waals surface area contributed by atoms with Crippen LogP contribution in [0.15, 0.2) is 36.5 Å². The van der Waals surface area contributed by atoms with Crippen LogP contribution in [0.4, 0.5) is 10.1 Å². The lowest BCUT2D eigenvalue weighted by Gasteiger charge is -2.19. The second-order valence-corrected chi connectivity index (χ2v) is 6.86. The van der Waals surface area contributed by atoms with Crippen molar-refractivity contribution < 1.29 is 14.3 Å². The third-order valence-electron chi connectivity index (χ3n) is 4.29. The highest BCUT2D eigenvalue weighted by molar-refractivity contribution is 6.29. The van der Waals surface area contributed by atoms with Gasteiger partial charge in [-0.05, 0) is 23.8 Å². The normalized spacial score (nSPS) is 16.1. The van der Waals surface area contributed by atoms with Gasteiger partial charge < -0.3 is 10.0 Å². The van der Waals surface area contributed by atoms with Gasteiger partial charge in [0.1, 0.15) is 17.8 Å². The van der Waals surface area contributed by atoms with Crippen molar-refractivity contribution in [1.29, 1.82) is 0 Å². The lowest BCUT2D eigenvalue weighted by molar-refractivity contribution is -0.116. The number of benzene rings is 1. The number of hydrogen-bond acceptors (Lipinski definition) is 3. The molecule has 1 aliphatic heterocycles. The van der Waals surface area contributed by atoms with Crippen LogP contribution in [0.5, 0.6) is 0 Å². The largest absolute Gasteiger partial charge is 0.384 e. The number of aliphatic hydroxyl groups is 1. The van der Waals surface area contributed by atoms with Gasteiger partial charge in [0, 0.05) is 23.7 Å². The van der Waals surface area contributed by atoms with Crippen LogP contribution in [0, 0.1) is 5.82 Å². The van der Waals surface area contributed by atoms with Gasteiger partial charge in [0.2, 0.25) is 5.91 Å². The molecular formula is C18H19Cl2FN2O2. The molecule has 0 bridgehead atoms. The van der Waals surface area contributed by atoms with E-state index in [1.165, 1.54) is 24.3 Å². The van der Waals surface area contributed by atoms with Gasteiger partial charge in [0.15, 0.2) is 0 Å². The van der Waals surface area contributed by atoms with Gasteiger partial charge in [-0.25, -0.2) is 4.39 Å². The first kappa shape index (κ1) is 19.6. The molecule has 7 heteroatoms. The maximum atomic E-state index is 13.0. The Hall–Kier alpha value is -1.69. The van der Waals surface area contributed by atoms with E-state index in [1.807, 2.05) is 13.8 Å². The molecule has 1 aromatic heterocycles. The Bertz CT molecular complexity index is 781. The number of alkyl halides is 1. The van der Waals surface area contributed by atoms with Crippen molar-refractivity contribution in [1.82, 2.24) is 4.98 Å². The summed E-state index contributed by atoms with van der Waals surface area (Å²) >= 11 is 5.71. The molecule has 0 saturated heterocycles. The molecule has 1 N–H and O–H groups in total. The molecule has 0 radical (unpaired) electrons. The topological polar surface area (TPSA) is 53.4 Å². The zero-order valence-corrected chi connectivity index (χ0v) is 15.4. The fraction of sp³-hybridized carbons (Fsp3) is 0.333. The Morgan fingerprint density at radius 3 is 2.60 bits per heavy atom. The number of nitrogens with zero attached hydrogens (tertiary/aromatic N) is 2. The van der Waals surface area contributed by atoms with Crippen LogP contribution in [0.25, 0.3) is 0 Å². The Morgan fingerprint density at radius 1 is 1.36 bits per heavy atom. The summed E-state index contributed by atoms with van der Waals surface area (Å²) < 4.78 is 13.0. The summed E-state index contributed by atoms with van der Waals surface area (Å²) in [6.45, 7) is 4.52. The summed E-state index contributed by atoms with van der Waals surface area (Å²) in [5.74, 6) is -0.669. The molecule has 2 heterocycles. The summed E-state index contributed by atoms with van der Waals surface area (Å²) in [6, 6.07) is 7.41. The highest BCUT2D eigenvalue weighted by Crippen LogP contribution is 2.40. The number of hydrogen-bond donors (Lipinski definition) is 1. The van der Waals surface area contributed by atoms with E-state index in [4.69, 9.17) is 11.6 Å². The van der Waals surface area contributed by atoms with Gasteiger partial charge in [0.25, 0.3) is 0 Å². The number of halogens is 3. The van der Waals surface area contributed by atoms with Crippen molar-refractivity contribution >= 4 is 35.6 Å². The monoisotopic (exact) mass is 384 g/mol. The average molecular weight is 385 g/mol. The van der Waals surface area contributed by atoms with E-state index in [2.05, 4.69) is 4.98 Å². The molecule has 0 aliphatic carbocycles. The molecule has 0 fully saturated rings. The lowest BCUT2D eigenvalue weighted by Crippen LogP contribution is -2.34. The third kappa shape index (κ3) is 3.64.